The minimum absolute atomic E-state index is 0.0872. The number of nitrogens with zero attached hydrogens (tertiary/aromatic N) is 1. The van der Waals surface area contributed by atoms with Crippen molar-refractivity contribution in [2.75, 3.05) is 7.05 Å². The fraction of sp³-hybridized carbons (Fsp3) is 0.357. The summed E-state index contributed by atoms with van der Waals surface area (Å²) in [5.41, 5.74) is 2.69. The Hall–Kier alpha value is -1.57. The van der Waals surface area contributed by atoms with Crippen LogP contribution in [0.4, 0.5) is 0 Å². The summed E-state index contributed by atoms with van der Waals surface area (Å²) in [5.74, 6) is 0.0872. The van der Waals surface area contributed by atoms with Crippen molar-refractivity contribution in [3.8, 4) is 0 Å². The number of amides is 1. The second-order valence-electron chi connectivity index (χ2n) is 4.20. The highest BCUT2D eigenvalue weighted by Crippen LogP contribution is 2.34. The van der Waals surface area contributed by atoms with Crippen LogP contribution in [0.15, 0.2) is 36.4 Å². The van der Waals surface area contributed by atoms with Crippen LogP contribution in [0.25, 0.3) is 0 Å². The molecule has 0 N–H and O–H groups in total. The van der Waals surface area contributed by atoms with Crippen molar-refractivity contribution in [3.05, 3.63) is 47.5 Å². The first kappa shape index (κ1) is 10.9. The van der Waals surface area contributed by atoms with E-state index in [1.807, 2.05) is 24.9 Å². The number of carbonyl (C=O) groups is 1. The third-order valence-electron chi connectivity index (χ3n) is 3.23. The topological polar surface area (TPSA) is 20.3 Å². The summed E-state index contributed by atoms with van der Waals surface area (Å²) in [4.78, 5) is 13.6. The molecule has 0 aromatic heterocycles. The van der Waals surface area contributed by atoms with Crippen LogP contribution in [0, 0.1) is 0 Å². The number of hydrogen-bond donors (Lipinski definition) is 0. The van der Waals surface area contributed by atoms with Gasteiger partial charge in [0.2, 0.25) is 5.91 Å². The van der Waals surface area contributed by atoms with Crippen molar-refractivity contribution in [3.63, 3.8) is 0 Å². The second kappa shape index (κ2) is 4.52. The predicted molar refractivity (Wildman–Crippen MR) is 65.1 cm³/mol. The smallest absolute Gasteiger partial charge is 0.246 e. The summed E-state index contributed by atoms with van der Waals surface area (Å²) in [5, 5.41) is 0. The maximum absolute atomic E-state index is 11.8. The van der Waals surface area contributed by atoms with Crippen LogP contribution in [0.3, 0.4) is 0 Å². The summed E-state index contributed by atoms with van der Waals surface area (Å²) in [6.45, 7) is 1.87. The molecule has 1 atom stereocenters. The van der Waals surface area contributed by atoms with E-state index in [-0.39, 0.29) is 11.9 Å². The zero-order chi connectivity index (χ0) is 11.5. The van der Waals surface area contributed by atoms with Gasteiger partial charge in [0.25, 0.3) is 0 Å². The van der Waals surface area contributed by atoms with Gasteiger partial charge in [-0.1, -0.05) is 30.3 Å². The van der Waals surface area contributed by atoms with Crippen LogP contribution in [0.5, 0.6) is 0 Å². The van der Waals surface area contributed by atoms with E-state index < -0.39 is 0 Å². The van der Waals surface area contributed by atoms with Gasteiger partial charge in [0.15, 0.2) is 0 Å². The molecule has 1 amide bonds. The largest absolute Gasteiger partial charge is 0.335 e. The van der Waals surface area contributed by atoms with E-state index in [1.54, 1.807) is 12.2 Å². The number of hydrogen-bond acceptors (Lipinski definition) is 1. The van der Waals surface area contributed by atoms with Crippen molar-refractivity contribution in [1.82, 2.24) is 4.90 Å². The molecule has 1 unspecified atom stereocenters. The minimum Gasteiger partial charge on any atom is -0.335 e. The van der Waals surface area contributed by atoms with Crippen LogP contribution in [-0.2, 0) is 11.2 Å². The maximum Gasteiger partial charge on any atom is 0.246 e. The Bertz CT molecular complexity index is 422. The molecule has 2 rings (SSSR count). The molecule has 0 fully saturated rings. The van der Waals surface area contributed by atoms with E-state index in [2.05, 4.69) is 18.2 Å². The zero-order valence-electron chi connectivity index (χ0n) is 9.81. The molecule has 0 bridgehead atoms. The average Bonchev–Trinajstić information content (AvgIpc) is 2.72. The Morgan fingerprint density at radius 3 is 2.94 bits per heavy atom. The molecule has 2 heteroatoms. The highest BCUT2D eigenvalue weighted by atomic mass is 16.2. The highest BCUT2D eigenvalue weighted by molar-refractivity contribution is 5.87. The highest BCUT2D eigenvalue weighted by Gasteiger charge is 2.27. The van der Waals surface area contributed by atoms with E-state index in [1.165, 1.54) is 11.1 Å². The molecule has 16 heavy (non-hydrogen) atoms. The van der Waals surface area contributed by atoms with Crippen molar-refractivity contribution >= 4 is 5.91 Å². The van der Waals surface area contributed by atoms with Crippen molar-refractivity contribution in [2.24, 2.45) is 0 Å². The first-order chi connectivity index (χ1) is 7.74. The number of allylic oxidation sites excluding steroid dienone is 1. The van der Waals surface area contributed by atoms with Crippen molar-refractivity contribution in [2.45, 2.75) is 25.8 Å². The van der Waals surface area contributed by atoms with Gasteiger partial charge in [-0.2, -0.15) is 0 Å². The Balaban J connectivity index is 2.22. The molecule has 2 nitrogen and oxygen atoms in total. The molecular weight excluding hydrogens is 198 g/mol. The van der Waals surface area contributed by atoms with E-state index in [0.717, 1.165) is 12.8 Å². The number of likely N-dealkylation sites (N-methyl/N-ethyl adjacent to an activating group) is 1. The van der Waals surface area contributed by atoms with Crippen LogP contribution in [0.2, 0.25) is 0 Å². The molecule has 0 spiro atoms. The number of benzene rings is 1. The summed E-state index contributed by atoms with van der Waals surface area (Å²) in [6, 6.07) is 8.65. The van der Waals surface area contributed by atoms with Gasteiger partial charge in [0.1, 0.15) is 0 Å². The first-order valence-electron chi connectivity index (χ1n) is 5.71. The van der Waals surface area contributed by atoms with Crippen LogP contribution < -0.4 is 0 Å². The standard InChI is InChI=1S/C14H17NO/c1-3-6-14(16)15(2)13-10-9-11-7-4-5-8-12(11)13/h3-8,13H,9-10H2,1-2H3. The lowest BCUT2D eigenvalue weighted by Gasteiger charge is -2.24. The van der Waals surface area contributed by atoms with Gasteiger partial charge in [-0.05, 0) is 37.0 Å². The summed E-state index contributed by atoms with van der Waals surface area (Å²) < 4.78 is 0. The van der Waals surface area contributed by atoms with Gasteiger partial charge in [-0.25, -0.2) is 0 Å². The molecule has 0 saturated heterocycles. The SMILES string of the molecule is CC=CC(=O)N(C)C1CCc2ccccc21. The van der Waals surface area contributed by atoms with E-state index in [4.69, 9.17) is 0 Å². The Morgan fingerprint density at radius 2 is 2.19 bits per heavy atom. The molecule has 0 heterocycles. The van der Waals surface area contributed by atoms with E-state index in [0.29, 0.717) is 0 Å². The lowest BCUT2D eigenvalue weighted by molar-refractivity contribution is -0.126. The van der Waals surface area contributed by atoms with Crippen molar-refractivity contribution < 1.29 is 4.79 Å². The third-order valence-corrected chi connectivity index (χ3v) is 3.23. The molecule has 84 valence electrons. The molecule has 1 aromatic carbocycles. The molecule has 1 aliphatic carbocycles. The van der Waals surface area contributed by atoms with E-state index >= 15 is 0 Å². The Kier molecular flexibility index (Phi) is 3.09. The predicted octanol–water partition coefficient (Wildman–Crippen LogP) is 2.71. The molecule has 0 aliphatic heterocycles. The van der Waals surface area contributed by atoms with Gasteiger partial charge in [-0.3, -0.25) is 4.79 Å². The molecule has 0 saturated carbocycles. The quantitative estimate of drug-likeness (QED) is 0.695. The number of carbonyl (C=O) groups excluding carboxylic acids is 1. The number of aryl methyl sites for hydroxylation is 1. The minimum atomic E-state index is 0.0872. The lowest BCUT2D eigenvalue weighted by atomic mass is 10.1. The summed E-state index contributed by atoms with van der Waals surface area (Å²) in [6.07, 6.45) is 5.54. The summed E-state index contributed by atoms with van der Waals surface area (Å²) in [7, 11) is 1.88. The second-order valence-corrected chi connectivity index (χ2v) is 4.20. The monoisotopic (exact) mass is 215 g/mol. The van der Waals surface area contributed by atoms with E-state index in [9.17, 15) is 4.79 Å². The van der Waals surface area contributed by atoms with Crippen molar-refractivity contribution in [1.29, 1.82) is 0 Å². The lowest BCUT2D eigenvalue weighted by Crippen LogP contribution is -2.28. The van der Waals surface area contributed by atoms with Gasteiger partial charge in [0, 0.05) is 7.05 Å². The molecular formula is C14H17NO. The number of fused-ring (bicyclic) bond motifs is 1. The molecule has 0 radical (unpaired) electrons. The zero-order valence-corrected chi connectivity index (χ0v) is 9.81. The third kappa shape index (κ3) is 1.87. The van der Waals surface area contributed by atoms with Gasteiger partial charge >= 0.3 is 0 Å². The Labute approximate surface area is 96.6 Å². The Morgan fingerprint density at radius 1 is 1.44 bits per heavy atom. The van der Waals surface area contributed by atoms with Crippen LogP contribution >= 0.6 is 0 Å². The van der Waals surface area contributed by atoms with Crippen LogP contribution in [0.1, 0.15) is 30.5 Å². The van der Waals surface area contributed by atoms with Crippen LogP contribution in [-0.4, -0.2) is 17.9 Å². The van der Waals surface area contributed by atoms with Gasteiger partial charge < -0.3 is 4.90 Å². The molecule has 1 aromatic rings. The summed E-state index contributed by atoms with van der Waals surface area (Å²) >= 11 is 0. The van der Waals surface area contributed by atoms with Gasteiger partial charge in [0.05, 0.1) is 6.04 Å². The normalized spacial score (nSPS) is 18.8. The molecule has 1 aliphatic rings. The van der Waals surface area contributed by atoms with Gasteiger partial charge in [-0.15, -0.1) is 0 Å². The average molecular weight is 215 g/mol. The maximum atomic E-state index is 11.8. The fourth-order valence-corrected chi connectivity index (χ4v) is 2.35. The fourth-order valence-electron chi connectivity index (χ4n) is 2.35. The first-order valence-corrected chi connectivity index (χ1v) is 5.71. The number of rotatable bonds is 2.